The third-order valence-electron chi connectivity index (χ3n) is 7.19. The van der Waals surface area contributed by atoms with Crippen molar-refractivity contribution in [3.63, 3.8) is 0 Å². The lowest BCUT2D eigenvalue weighted by molar-refractivity contribution is 0.0949. The van der Waals surface area contributed by atoms with Gasteiger partial charge in [0.1, 0.15) is 17.2 Å². The van der Waals surface area contributed by atoms with Crippen molar-refractivity contribution in [2.75, 3.05) is 54.9 Å². The van der Waals surface area contributed by atoms with Crippen LogP contribution >= 0.6 is 0 Å². The highest BCUT2D eigenvalue weighted by Crippen LogP contribution is 2.23. The number of pyridine rings is 2. The lowest BCUT2D eigenvalue weighted by Gasteiger charge is -2.27. The second-order valence-electron chi connectivity index (χ2n) is 9.82. The highest BCUT2D eigenvalue weighted by atomic mass is 16.5. The van der Waals surface area contributed by atoms with Gasteiger partial charge in [-0.25, -0.2) is 9.97 Å². The fourth-order valence-corrected chi connectivity index (χ4v) is 5.13. The molecule has 0 spiro atoms. The fourth-order valence-electron chi connectivity index (χ4n) is 5.13. The van der Waals surface area contributed by atoms with E-state index in [9.17, 15) is 4.79 Å². The fraction of sp³-hybridized carbons (Fsp3) is 0.357. The minimum atomic E-state index is -0.158. The first-order valence-electron chi connectivity index (χ1n) is 13.2. The van der Waals surface area contributed by atoms with Gasteiger partial charge >= 0.3 is 0 Å². The molecule has 1 amide bonds. The number of fused-ring (bicyclic) bond motifs is 1. The molecule has 1 aromatic carbocycles. The average molecular weight is 513 g/mol. The Morgan fingerprint density at radius 2 is 1.79 bits per heavy atom. The number of hydrogen-bond acceptors (Lipinski definition) is 8. The van der Waals surface area contributed by atoms with Gasteiger partial charge in [-0.05, 0) is 47.6 Å². The molecule has 3 N–H and O–H groups in total. The zero-order valence-electron chi connectivity index (χ0n) is 21.3. The number of nitrogens with two attached hydrogens (primary N) is 1. The molecule has 0 unspecified atom stereocenters. The van der Waals surface area contributed by atoms with Gasteiger partial charge < -0.3 is 25.6 Å². The first-order valence-corrected chi connectivity index (χ1v) is 13.2. The number of aromatic nitrogens is 4. The second-order valence-corrected chi connectivity index (χ2v) is 9.82. The highest BCUT2D eigenvalue weighted by molar-refractivity contribution is 5.99. The lowest BCUT2D eigenvalue weighted by Crippen LogP contribution is -2.38. The molecule has 2 aliphatic rings. The highest BCUT2D eigenvalue weighted by Gasteiger charge is 2.23. The molecule has 4 aromatic rings. The van der Waals surface area contributed by atoms with Crippen LogP contribution in [0.2, 0.25) is 0 Å². The Morgan fingerprint density at radius 1 is 0.974 bits per heavy atom. The quantitative estimate of drug-likeness (QED) is 0.389. The Bertz CT molecular complexity index is 1420. The van der Waals surface area contributed by atoms with Crippen molar-refractivity contribution in [2.24, 2.45) is 0 Å². The van der Waals surface area contributed by atoms with Crippen molar-refractivity contribution in [3.05, 3.63) is 71.7 Å². The minimum Gasteiger partial charge on any atom is -0.383 e. The van der Waals surface area contributed by atoms with Crippen LogP contribution in [0.1, 0.15) is 34.3 Å². The third kappa shape index (κ3) is 5.12. The van der Waals surface area contributed by atoms with E-state index in [1.54, 1.807) is 6.20 Å². The molecule has 10 heteroatoms. The minimum absolute atomic E-state index is 0.158. The van der Waals surface area contributed by atoms with Crippen molar-refractivity contribution >= 4 is 34.1 Å². The predicted molar refractivity (Wildman–Crippen MR) is 147 cm³/mol. The van der Waals surface area contributed by atoms with Gasteiger partial charge in [-0.15, -0.1) is 0 Å². The number of hydrogen-bond donors (Lipinski definition) is 2. The first kappa shape index (κ1) is 24.2. The summed E-state index contributed by atoms with van der Waals surface area (Å²) in [4.78, 5) is 26.6. The summed E-state index contributed by atoms with van der Waals surface area (Å²) >= 11 is 0. The average Bonchev–Trinajstić information content (AvgIpc) is 3.64. The zero-order chi connectivity index (χ0) is 25.9. The van der Waals surface area contributed by atoms with Crippen LogP contribution in [0.5, 0.6) is 0 Å². The summed E-state index contributed by atoms with van der Waals surface area (Å²) in [6.45, 7) is 5.70. The number of carbonyl (C=O) groups excluding carboxylic acids is 1. The van der Waals surface area contributed by atoms with E-state index >= 15 is 0 Å². The number of nitrogens with zero attached hydrogens (tertiary/aromatic N) is 6. The molecular weight excluding hydrogens is 480 g/mol. The molecule has 3 aromatic heterocycles. The number of ether oxygens (including phenoxy) is 1. The maximum absolute atomic E-state index is 13.4. The SMILES string of the molecule is Nc1nccc2cc(CNC(=O)c3cn(Cc4ccc(N5CCCC5)nc4)nc3N3CCOCC3)ccc12. The van der Waals surface area contributed by atoms with Crippen LogP contribution in [0.15, 0.2) is 55.0 Å². The van der Waals surface area contributed by atoms with Gasteiger partial charge in [0.2, 0.25) is 0 Å². The second kappa shape index (κ2) is 10.7. The molecule has 0 saturated carbocycles. The van der Waals surface area contributed by atoms with Crippen molar-refractivity contribution in [1.82, 2.24) is 25.1 Å². The molecule has 0 radical (unpaired) electrons. The molecule has 0 bridgehead atoms. The van der Waals surface area contributed by atoms with Gasteiger partial charge in [0.25, 0.3) is 5.91 Å². The van der Waals surface area contributed by atoms with Crippen molar-refractivity contribution in [3.8, 4) is 0 Å². The topological polar surface area (TPSA) is 114 Å². The molecule has 2 saturated heterocycles. The Hall–Kier alpha value is -4.18. The van der Waals surface area contributed by atoms with Gasteiger partial charge in [-0.2, -0.15) is 5.10 Å². The molecule has 10 nitrogen and oxygen atoms in total. The van der Waals surface area contributed by atoms with E-state index in [1.165, 1.54) is 12.8 Å². The van der Waals surface area contributed by atoms with Gasteiger partial charge in [0.05, 0.1) is 19.8 Å². The summed E-state index contributed by atoms with van der Waals surface area (Å²) in [6.07, 6.45) is 7.88. The Balaban J connectivity index is 1.19. The Morgan fingerprint density at radius 3 is 2.58 bits per heavy atom. The molecule has 0 aliphatic carbocycles. The monoisotopic (exact) mass is 512 g/mol. The maximum atomic E-state index is 13.4. The lowest BCUT2D eigenvalue weighted by atomic mass is 10.1. The molecule has 38 heavy (non-hydrogen) atoms. The molecule has 5 heterocycles. The van der Waals surface area contributed by atoms with Crippen molar-refractivity contribution < 1.29 is 9.53 Å². The third-order valence-corrected chi connectivity index (χ3v) is 7.19. The molecular formula is C28H32N8O2. The van der Waals surface area contributed by atoms with Crippen molar-refractivity contribution in [2.45, 2.75) is 25.9 Å². The predicted octanol–water partition coefficient (Wildman–Crippen LogP) is 2.82. The summed E-state index contributed by atoms with van der Waals surface area (Å²) < 4.78 is 7.36. The van der Waals surface area contributed by atoms with Gasteiger partial charge in [0, 0.05) is 56.7 Å². The number of nitrogen functional groups attached to an aromatic ring is 1. The molecule has 2 fully saturated rings. The van der Waals surface area contributed by atoms with E-state index < -0.39 is 0 Å². The largest absolute Gasteiger partial charge is 0.383 e. The van der Waals surface area contributed by atoms with Crippen LogP contribution in [0, 0.1) is 0 Å². The number of morpholine rings is 1. The van der Waals surface area contributed by atoms with Gasteiger partial charge in [0.15, 0.2) is 5.82 Å². The van der Waals surface area contributed by atoms with E-state index in [1.807, 2.05) is 41.3 Å². The smallest absolute Gasteiger partial charge is 0.256 e. The number of nitrogens with one attached hydrogen (secondary N) is 1. The van der Waals surface area contributed by atoms with Crippen molar-refractivity contribution in [1.29, 1.82) is 0 Å². The van der Waals surface area contributed by atoms with Gasteiger partial charge in [-0.1, -0.05) is 18.2 Å². The summed E-state index contributed by atoms with van der Waals surface area (Å²) in [5, 5.41) is 9.80. The van der Waals surface area contributed by atoms with Crippen LogP contribution in [-0.4, -0.2) is 65.0 Å². The number of anilines is 3. The van der Waals surface area contributed by atoms with Crippen LogP contribution in [0.4, 0.5) is 17.5 Å². The number of carbonyl (C=O) groups is 1. The number of rotatable bonds is 7. The van der Waals surface area contributed by atoms with E-state index in [0.29, 0.717) is 56.6 Å². The maximum Gasteiger partial charge on any atom is 0.256 e. The van der Waals surface area contributed by atoms with Crippen LogP contribution in [-0.2, 0) is 17.8 Å². The summed E-state index contributed by atoms with van der Waals surface area (Å²) in [7, 11) is 0. The summed E-state index contributed by atoms with van der Waals surface area (Å²) in [5.41, 5.74) is 8.56. The molecule has 196 valence electrons. The Kier molecular flexibility index (Phi) is 6.78. The van der Waals surface area contributed by atoms with Crippen LogP contribution in [0.3, 0.4) is 0 Å². The van der Waals surface area contributed by atoms with E-state index in [0.717, 1.165) is 40.8 Å². The normalized spacial score (nSPS) is 15.8. The molecule has 6 rings (SSSR count). The van der Waals surface area contributed by atoms with E-state index in [-0.39, 0.29) is 5.91 Å². The van der Waals surface area contributed by atoms with Gasteiger partial charge in [-0.3, -0.25) is 9.48 Å². The van der Waals surface area contributed by atoms with E-state index in [2.05, 4.69) is 37.2 Å². The molecule has 0 atom stereocenters. The standard InChI is InChI=1S/C28H32N8O2/c29-26-23-5-3-20(15-22(23)7-8-30-26)16-32-28(37)24-19-36(33-27(24)35-11-13-38-14-12-35)18-21-4-6-25(31-17-21)34-9-1-2-10-34/h3-8,15,17,19H,1-2,9-14,16,18H2,(H2,29,30)(H,32,37). The number of benzene rings is 1. The zero-order valence-corrected chi connectivity index (χ0v) is 21.3. The van der Waals surface area contributed by atoms with Crippen LogP contribution in [0.25, 0.3) is 10.8 Å². The first-order chi connectivity index (χ1) is 18.6. The molecule has 2 aliphatic heterocycles. The summed E-state index contributed by atoms with van der Waals surface area (Å²) in [6, 6.07) is 12.0. The number of amides is 1. The summed E-state index contributed by atoms with van der Waals surface area (Å²) in [5.74, 6) is 2.05. The van der Waals surface area contributed by atoms with E-state index in [4.69, 9.17) is 15.6 Å². The van der Waals surface area contributed by atoms with Crippen LogP contribution < -0.4 is 20.9 Å². The Labute approximate surface area is 221 Å².